The average Bonchev–Trinajstić information content (AvgIpc) is 2.49. The Morgan fingerprint density at radius 1 is 0.536 bits per heavy atom. The Hall–Kier alpha value is 0.388. The molecule has 0 aliphatic rings. The fourth-order valence-corrected chi connectivity index (χ4v) is 2.19. The summed E-state index contributed by atoms with van der Waals surface area (Å²) >= 11 is 0. The van der Waals surface area contributed by atoms with E-state index in [9.17, 15) is 0 Å². The normalized spacial score (nSPS) is 10.8. The fraction of sp³-hybridized carbons (Fsp3) is 1.00. The van der Waals surface area contributed by atoms with Crippen LogP contribution in [0.2, 0.25) is 0 Å². The third-order valence-corrected chi connectivity index (χ3v) is 3.41. The van der Waals surface area contributed by atoms with E-state index in [1.807, 2.05) is 0 Å². The summed E-state index contributed by atoms with van der Waals surface area (Å²) in [7, 11) is -10.3. The maximum absolute atomic E-state index is 8.52. The Balaban J connectivity index is -0.000000216. The average molecular weight is 629 g/mol. The van der Waals surface area contributed by atoms with Crippen LogP contribution >= 0.6 is 0 Å². The van der Waals surface area contributed by atoms with Crippen LogP contribution in [-0.2, 0) is 41.9 Å². The van der Waals surface area contributed by atoms with Crippen LogP contribution in [0.3, 0.4) is 0 Å². The third-order valence-electron chi connectivity index (χ3n) is 3.41. The van der Waals surface area contributed by atoms with Gasteiger partial charge in [-0.05, 0) is 25.9 Å². The molecule has 0 radical (unpaired) electrons. The maximum Gasteiger partial charge on any atom is 4.00 e. The molecule has 0 rings (SSSR count). The molecule has 0 unspecified atom stereocenters. The quantitative estimate of drug-likeness (QED) is 0.172. The van der Waals surface area contributed by atoms with Gasteiger partial charge in [0, 0.05) is 20.8 Å². The summed E-state index contributed by atoms with van der Waals surface area (Å²) in [6.45, 7) is 7.03. The largest absolute Gasteiger partial charge is 4.00 e. The zero-order valence-corrected chi connectivity index (χ0v) is 20.7. The van der Waals surface area contributed by atoms with Gasteiger partial charge < -0.3 is 23.5 Å². The van der Waals surface area contributed by atoms with E-state index in [-0.39, 0.29) is 21.1 Å². The summed E-state index contributed by atoms with van der Waals surface area (Å²) in [6.07, 6.45) is 16.9. The van der Waals surface area contributed by atoms with Gasteiger partial charge in [0.15, 0.2) is 0 Å². The number of hydrogen-bond acceptors (Lipinski definition) is 9. The second kappa shape index (κ2) is 25.4. The van der Waals surface area contributed by atoms with Crippen molar-refractivity contribution in [2.24, 2.45) is 0 Å². The molecule has 0 atom stereocenters. The number of unbranched alkanes of at least 4 members (excludes halogenated alkanes) is 10. The van der Waals surface area contributed by atoms with Gasteiger partial charge in [0.2, 0.25) is 0 Å². The molecule has 12 heteroatoms. The minimum Gasteiger partial charge on any atom is -0.759 e. The van der Waals surface area contributed by atoms with Crippen molar-refractivity contribution in [3.05, 3.63) is 0 Å². The first-order valence-electron chi connectivity index (χ1n) is 9.45. The van der Waals surface area contributed by atoms with Gasteiger partial charge in [-0.25, -0.2) is 0 Å². The molecule has 0 aromatic rings. The standard InChI is InChI=1S/C16H35N.2H2O4S.Pt/c1-3-5-7-9-11-13-15-17-16-14-12-10-8-6-4-2;2*1-5(2,3)4;/h17H,3-16H2,1-2H3;2*(H2,1,2,3,4);/q;;;+4/p-4. The molecular formula is C16H35NO8PtS2. The predicted octanol–water partition coefficient (Wildman–Crippen LogP) is 2.62. The van der Waals surface area contributed by atoms with Crippen molar-refractivity contribution in [3.8, 4) is 0 Å². The number of nitrogens with one attached hydrogen (secondary N) is 1. The predicted molar refractivity (Wildman–Crippen MR) is 101 cm³/mol. The maximum atomic E-state index is 8.52. The second-order valence-electron chi connectivity index (χ2n) is 6.10. The zero-order chi connectivity index (χ0) is 21.6. The molecule has 0 bridgehead atoms. The molecule has 0 aliphatic carbocycles. The van der Waals surface area contributed by atoms with E-state index in [2.05, 4.69) is 19.2 Å². The molecular weight excluding hydrogens is 593 g/mol. The van der Waals surface area contributed by atoms with Crippen LogP contribution in [0.1, 0.15) is 90.9 Å². The van der Waals surface area contributed by atoms with Crippen LogP contribution in [0.15, 0.2) is 0 Å². The SMILES string of the molecule is CCCCCCCCNCCCCCCCC.O=S(=O)([O-])[O-].O=S(=O)([O-])[O-].[Pt+4]. The number of hydrogen-bond donors (Lipinski definition) is 1. The number of rotatable bonds is 14. The zero-order valence-electron chi connectivity index (χ0n) is 16.8. The molecule has 0 saturated carbocycles. The second-order valence-corrected chi connectivity index (χ2v) is 7.74. The van der Waals surface area contributed by atoms with E-state index in [1.54, 1.807) is 0 Å². The Labute approximate surface area is 185 Å². The van der Waals surface area contributed by atoms with Gasteiger partial charge in [0.05, 0.1) is 0 Å². The van der Waals surface area contributed by atoms with E-state index in [1.165, 1.54) is 90.1 Å². The van der Waals surface area contributed by atoms with Gasteiger partial charge >= 0.3 is 21.1 Å². The fourth-order valence-electron chi connectivity index (χ4n) is 2.19. The van der Waals surface area contributed by atoms with Gasteiger partial charge in [-0.1, -0.05) is 78.1 Å². The van der Waals surface area contributed by atoms with Gasteiger partial charge in [0.25, 0.3) is 0 Å². The van der Waals surface area contributed by atoms with E-state index < -0.39 is 20.8 Å². The van der Waals surface area contributed by atoms with Crippen molar-refractivity contribution in [2.75, 3.05) is 13.1 Å². The van der Waals surface area contributed by atoms with Crippen molar-refractivity contribution >= 4 is 20.8 Å². The van der Waals surface area contributed by atoms with Crippen molar-refractivity contribution in [3.63, 3.8) is 0 Å². The molecule has 0 aromatic heterocycles. The molecule has 0 amide bonds. The third kappa shape index (κ3) is 82.2. The first kappa shape index (κ1) is 35.8. The smallest absolute Gasteiger partial charge is 0.759 e. The van der Waals surface area contributed by atoms with E-state index in [0.717, 1.165) is 0 Å². The first-order valence-corrected chi connectivity index (χ1v) is 12.1. The van der Waals surface area contributed by atoms with Crippen LogP contribution in [0, 0.1) is 0 Å². The van der Waals surface area contributed by atoms with Crippen LogP contribution in [0.4, 0.5) is 0 Å². The van der Waals surface area contributed by atoms with Crippen LogP contribution in [0.25, 0.3) is 0 Å². The van der Waals surface area contributed by atoms with Crippen LogP contribution in [0.5, 0.6) is 0 Å². The summed E-state index contributed by atoms with van der Waals surface area (Å²) in [5.74, 6) is 0. The molecule has 0 fully saturated rings. The molecule has 0 spiro atoms. The minimum atomic E-state index is -5.17. The summed E-state index contributed by atoms with van der Waals surface area (Å²) in [6, 6.07) is 0. The molecule has 174 valence electrons. The summed E-state index contributed by atoms with van der Waals surface area (Å²) in [4.78, 5) is 0. The first-order chi connectivity index (χ1) is 12.4. The Morgan fingerprint density at radius 3 is 1.00 bits per heavy atom. The topological polar surface area (TPSA) is 173 Å². The Morgan fingerprint density at radius 2 is 0.750 bits per heavy atom. The van der Waals surface area contributed by atoms with Gasteiger partial charge in [-0.2, -0.15) is 0 Å². The Bertz CT molecular complexity index is 427. The minimum absolute atomic E-state index is 0. The van der Waals surface area contributed by atoms with Crippen molar-refractivity contribution in [1.29, 1.82) is 0 Å². The molecule has 0 saturated heterocycles. The summed E-state index contributed by atoms with van der Waals surface area (Å²) in [5, 5.41) is 3.57. The van der Waals surface area contributed by atoms with Crippen molar-refractivity contribution in [1.82, 2.24) is 5.32 Å². The van der Waals surface area contributed by atoms with Crippen molar-refractivity contribution < 1.29 is 56.1 Å². The monoisotopic (exact) mass is 628 g/mol. The van der Waals surface area contributed by atoms with Crippen LogP contribution in [-0.4, -0.2) is 48.1 Å². The van der Waals surface area contributed by atoms with Crippen molar-refractivity contribution in [2.45, 2.75) is 90.9 Å². The van der Waals surface area contributed by atoms with Gasteiger partial charge in [-0.15, -0.1) is 0 Å². The van der Waals surface area contributed by atoms with Gasteiger partial charge in [0.1, 0.15) is 0 Å². The van der Waals surface area contributed by atoms with E-state index >= 15 is 0 Å². The molecule has 0 heterocycles. The molecule has 0 aliphatic heterocycles. The molecule has 9 nitrogen and oxygen atoms in total. The molecule has 1 N–H and O–H groups in total. The van der Waals surface area contributed by atoms with Crippen LogP contribution < -0.4 is 5.32 Å². The Kier molecular flexibility index (Phi) is 32.5. The van der Waals surface area contributed by atoms with Gasteiger partial charge in [-0.3, -0.25) is 16.8 Å². The molecule has 28 heavy (non-hydrogen) atoms. The van der Waals surface area contributed by atoms with E-state index in [4.69, 9.17) is 35.0 Å². The van der Waals surface area contributed by atoms with E-state index in [0.29, 0.717) is 0 Å². The summed E-state index contributed by atoms with van der Waals surface area (Å²) in [5.41, 5.74) is 0. The summed E-state index contributed by atoms with van der Waals surface area (Å²) < 4.78 is 68.2. The molecule has 0 aromatic carbocycles.